The molecule has 0 saturated carbocycles. The van der Waals surface area contributed by atoms with Gasteiger partial charge in [-0.2, -0.15) is 15.2 Å². The summed E-state index contributed by atoms with van der Waals surface area (Å²) in [6.07, 6.45) is 1.22. The second-order valence-corrected chi connectivity index (χ2v) is 12.5. The highest BCUT2D eigenvalue weighted by molar-refractivity contribution is 7.23. The van der Waals surface area contributed by atoms with Gasteiger partial charge in [0.15, 0.2) is 5.82 Å². The largest absolute Gasteiger partial charge is 0.456 e. The standard InChI is InChI=1S/C31H29ClF2N8O2S/c1-14(15-5-4-8-38-28(15)36)11-39-30-17-9-19(32)24(16-6-7-20(33)27-23(16)18(10-35)29(37)45-27)25(34)26(17)40-31(41-30)44-22-13-43-12-21(22)42(2)3/h4-9,14,21-22H,11-13,37H2,1-3H3,(H2,36,38)(H,39,40,41)/t14-,21-,22-/m0/s1. The lowest BCUT2D eigenvalue weighted by molar-refractivity contribution is 0.117. The number of fused-ring (bicyclic) bond motifs is 2. The number of hydrogen-bond acceptors (Lipinski definition) is 11. The van der Waals surface area contributed by atoms with Crippen LogP contribution in [0, 0.1) is 23.0 Å². The number of ether oxygens (including phenoxy) is 2. The number of nitrogens with zero attached hydrogens (tertiary/aromatic N) is 5. The van der Waals surface area contributed by atoms with Crippen molar-refractivity contribution in [2.75, 3.05) is 50.6 Å². The van der Waals surface area contributed by atoms with E-state index in [1.165, 1.54) is 12.1 Å². The van der Waals surface area contributed by atoms with Gasteiger partial charge in [-0.1, -0.05) is 30.7 Å². The maximum absolute atomic E-state index is 16.8. The van der Waals surface area contributed by atoms with E-state index in [-0.39, 0.29) is 60.3 Å². The van der Waals surface area contributed by atoms with E-state index in [0.29, 0.717) is 36.8 Å². The fourth-order valence-corrected chi connectivity index (χ4v) is 6.82. The van der Waals surface area contributed by atoms with Crippen LogP contribution in [0.15, 0.2) is 36.5 Å². The number of anilines is 3. The summed E-state index contributed by atoms with van der Waals surface area (Å²) in [7, 11) is 3.83. The number of halogens is 3. The molecule has 6 rings (SSSR count). The molecule has 1 aliphatic heterocycles. The molecule has 10 nitrogen and oxygen atoms in total. The first kappa shape index (κ1) is 30.7. The van der Waals surface area contributed by atoms with Crippen LogP contribution in [-0.4, -0.2) is 65.9 Å². The van der Waals surface area contributed by atoms with Gasteiger partial charge >= 0.3 is 6.01 Å². The van der Waals surface area contributed by atoms with E-state index in [4.69, 9.17) is 32.5 Å². The number of likely N-dealkylation sites (N-methyl/N-ethyl adjacent to an activating group) is 1. The summed E-state index contributed by atoms with van der Waals surface area (Å²) in [5, 5.41) is 13.7. The summed E-state index contributed by atoms with van der Waals surface area (Å²) in [5.74, 6) is -0.750. The summed E-state index contributed by atoms with van der Waals surface area (Å²) in [5.41, 5.74) is 13.1. The van der Waals surface area contributed by atoms with Crippen LogP contribution in [0.1, 0.15) is 24.0 Å². The zero-order chi connectivity index (χ0) is 32.0. The molecule has 3 aromatic heterocycles. The monoisotopic (exact) mass is 650 g/mol. The van der Waals surface area contributed by atoms with E-state index in [0.717, 1.165) is 16.9 Å². The Bertz CT molecular complexity index is 1980. The summed E-state index contributed by atoms with van der Waals surface area (Å²) in [6, 6.07) is 9.71. The van der Waals surface area contributed by atoms with Crippen LogP contribution >= 0.6 is 22.9 Å². The van der Waals surface area contributed by atoms with E-state index in [1.54, 1.807) is 18.3 Å². The molecule has 5 N–H and O–H groups in total. The Kier molecular flexibility index (Phi) is 8.32. The second-order valence-electron chi connectivity index (χ2n) is 11.0. The third kappa shape index (κ3) is 5.55. The minimum absolute atomic E-state index is 0.0169. The Labute approximate surface area is 266 Å². The lowest BCUT2D eigenvalue weighted by Crippen LogP contribution is -2.41. The van der Waals surface area contributed by atoms with Crippen LogP contribution in [0.25, 0.3) is 32.1 Å². The molecule has 1 fully saturated rings. The van der Waals surface area contributed by atoms with Crippen molar-refractivity contribution in [3.05, 3.63) is 64.3 Å². The van der Waals surface area contributed by atoms with E-state index < -0.39 is 17.7 Å². The molecular formula is C31H29ClF2N8O2S. The lowest BCUT2D eigenvalue weighted by atomic mass is 9.97. The molecule has 0 bridgehead atoms. The maximum Gasteiger partial charge on any atom is 0.319 e. The third-order valence-corrected chi connectivity index (χ3v) is 9.28. The van der Waals surface area contributed by atoms with Crippen LogP contribution in [-0.2, 0) is 4.74 Å². The highest BCUT2D eigenvalue weighted by atomic mass is 35.5. The summed E-state index contributed by atoms with van der Waals surface area (Å²) >= 11 is 7.68. The first-order valence-electron chi connectivity index (χ1n) is 14.0. The zero-order valence-corrected chi connectivity index (χ0v) is 26.1. The van der Waals surface area contributed by atoms with Gasteiger partial charge in [-0.25, -0.2) is 13.8 Å². The lowest BCUT2D eigenvalue weighted by Gasteiger charge is -2.24. The van der Waals surface area contributed by atoms with Crippen molar-refractivity contribution in [2.24, 2.45) is 0 Å². The molecule has 5 aromatic rings. The number of benzene rings is 2. The number of nitrogen functional groups attached to an aromatic ring is 2. The fraction of sp³-hybridized carbons (Fsp3) is 0.290. The van der Waals surface area contributed by atoms with Crippen molar-refractivity contribution in [1.82, 2.24) is 19.9 Å². The minimum atomic E-state index is -0.786. The van der Waals surface area contributed by atoms with E-state index in [9.17, 15) is 9.65 Å². The van der Waals surface area contributed by atoms with Gasteiger partial charge < -0.3 is 31.2 Å². The Hall–Kier alpha value is -4.35. The van der Waals surface area contributed by atoms with Gasteiger partial charge in [0.05, 0.1) is 34.5 Å². The second kappa shape index (κ2) is 12.2. The van der Waals surface area contributed by atoms with Gasteiger partial charge in [0, 0.05) is 35.0 Å². The third-order valence-electron chi connectivity index (χ3n) is 7.96. The molecule has 45 heavy (non-hydrogen) atoms. The Balaban J connectivity index is 1.50. The molecule has 0 unspecified atom stereocenters. The van der Waals surface area contributed by atoms with Gasteiger partial charge in [0.25, 0.3) is 0 Å². The highest BCUT2D eigenvalue weighted by Crippen LogP contribution is 2.45. The number of aromatic nitrogens is 3. The smallest absolute Gasteiger partial charge is 0.319 e. The van der Waals surface area contributed by atoms with Crippen LogP contribution in [0.4, 0.5) is 25.4 Å². The predicted molar refractivity (Wildman–Crippen MR) is 173 cm³/mol. The van der Waals surface area contributed by atoms with Crippen LogP contribution in [0.2, 0.25) is 5.02 Å². The molecule has 1 saturated heterocycles. The molecule has 0 aliphatic carbocycles. The predicted octanol–water partition coefficient (Wildman–Crippen LogP) is 5.80. The van der Waals surface area contributed by atoms with E-state index in [2.05, 4.69) is 20.3 Å². The molecule has 0 radical (unpaired) electrons. The Morgan fingerprint density at radius 1 is 1.24 bits per heavy atom. The fourth-order valence-electron chi connectivity index (χ4n) is 5.58. The molecule has 2 aromatic carbocycles. The summed E-state index contributed by atoms with van der Waals surface area (Å²) in [6.45, 7) is 3.11. The molecule has 232 valence electrons. The summed E-state index contributed by atoms with van der Waals surface area (Å²) in [4.78, 5) is 15.3. The molecular weight excluding hydrogens is 622 g/mol. The molecule has 0 amide bonds. The van der Waals surface area contributed by atoms with Gasteiger partial charge in [-0.05, 0) is 43.4 Å². The quantitative estimate of drug-likeness (QED) is 0.188. The van der Waals surface area contributed by atoms with Crippen molar-refractivity contribution in [3.63, 3.8) is 0 Å². The minimum Gasteiger partial charge on any atom is -0.456 e. The van der Waals surface area contributed by atoms with Gasteiger partial charge in [-0.15, -0.1) is 11.3 Å². The molecule has 1 aliphatic rings. The Morgan fingerprint density at radius 3 is 2.78 bits per heavy atom. The number of nitrogens with two attached hydrogens (primary N) is 2. The van der Waals surface area contributed by atoms with Gasteiger partial charge in [-0.3, -0.25) is 0 Å². The van der Waals surface area contributed by atoms with Crippen molar-refractivity contribution in [2.45, 2.75) is 25.0 Å². The molecule has 4 heterocycles. The SMILES string of the molecule is C[C@@H](CNc1nc(O[C@H]2COC[C@@H]2N(C)C)nc2c(F)c(-c3ccc(F)c4sc(N)c(C#N)c34)c(Cl)cc12)c1cccnc1N. The van der Waals surface area contributed by atoms with E-state index in [1.807, 2.05) is 38.1 Å². The van der Waals surface area contributed by atoms with E-state index >= 15 is 4.39 Å². The maximum atomic E-state index is 16.8. The van der Waals surface area contributed by atoms with Crippen molar-refractivity contribution in [3.8, 4) is 23.2 Å². The summed E-state index contributed by atoms with van der Waals surface area (Å²) < 4.78 is 43.5. The zero-order valence-electron chi connectivity index (χ0n) is 24.6. The van der Waals surface area contributed by atoms with Crippen molar-refractivity contribution >= 4 is 60.6 Å². The normalized spacial score (nSPS) is 17.2. The topological polar surface area (TPSA) is 148 Å². The first-order chi connectivity index (χ1) is 21.6. The average molecular weight is 651 g/mol. The van der Waals surface area contributed by atoms with Gasteiger partial charge in [0.1, 0.15) is 40.1 Å². The number of pyridine rings is 1. The number of hydrogen-bond donors (Lipinski definition) is 3. The Morgan fingerprint density at radius 2 is 2.04 bits per heavy atom. The number of rotatable bonds is 8. The first-order valence-corrected chi connectivity index (χ1v) is 15.2. The van der Waals surface area contributed by atoms with Crippen LogP contribution in [0.3, 0.4) is 0 Å². The number of thiophene rings is 1. The van der Waals surface area contributed by atoms with Crippen LogP contribution < -0.4 is 21.5 Å². The average Bonchev–Trinajstić information content (AvgIpc) is 3.61. The molecule has 14 heteroatoms. The number of nitriles is 1. The van der Waals surface area contributed by atoms with Crippen LogP contribution in [0.5, 0.6) is 6.01 Å². The number of nitrogens with one attached hydrogen (secondary N) is 1. The van der Waals surface area contributed by atoms with Crippen molar-refractivity contribution in [1.29, 1.82) is 5.26 Å². The molecule has 0 spiro atoms. The highest BCUT2D eigenvalue weighted by Gasteiger charge is 2.33. The van der Waals surface area contributed by atoms with Gasteiger partial charge in [0.2, 0.25) is 0 Å². The molecule has 3 atom stereocenters. The van der Waals surface area contributed by atoms with Crippen molar-refractivity contribution < 1.29 is 18.3 Å².